The summed E-state index contributed by atoms with van der Waals surface area (Å²) in [5.74, 6) is 0.117. The van der Waals surface area contributed by atoms with Crippen LogP contribution in [0.5, 0.6) is 0 Å². The van der Waals surface area contributed by atoms with Gasteiger partial charge in [-0.25, -0.2) is 0 Å². The van der Waals surface area contributed by atoms with Crippen LogP contribution < -0.4 is 10.7 Å². The van der Waals surface area contributed by atoms with E-state index in [1.807, 2.05) is 35.3 Å². The summed E-state index contributed by atoms with van der Waals surface area (Å²) in [6, 6.07) is 10.0. The highest BCUT2D eigenvalue weighted by Crippen LogP contribution is 2.20. The SMILES string of the molecule is N=C(N)N1CCCN1c1ccccc1. The number of nitrogens with zero attached hydrogens (tertiary/aromatic N) is 2. The van der Waals surface area contributed by atoms with Crippen LogP contribution in [0, 0.1) is 5.41 Å². The summed E-state index contributed by atoms with van der Waals surface area (Å²) in [6.07, 6.45) is 1.05. The quantitative estimate of drug-likeness (QED) is 0.513. The van der Waals surface area contributed by atoms with Crippen molar-refractivity contribution in [2.24, 2.45) is 5.73 Å². The molecule has 1 aromatic rings. The van der Waals surface area contributed by atoms with E-state index in [2.05, 4.69) is 0 Å². The largest absolute Gasteiger partial charge is 0.369 e. The lowest BCUT2D eigenvalue weighted by Crippen LogP contribution is -2.44. The van der Waals surface area contributed by atoms with E-state index in [0.29, 0.717) is 0 Å². The lowest BCUT2D eigenvalue weighted by molar-refractivity contribution is 0.469. The van der Waals surface area contributed by atoms with Gasteiger partial charge in [0, 0.05) is 13.1 Å². The maximum atomic E-state index is 7.43. The first-order chi connectivity index (χ1) is 6.79. The number of guanidine groups is 1. The van der Waals surface area contributed by atoms with Crippen molar-refractivity contribution in [2.75, 3.05) is 18.1 Å². The second-order valence-corrected chi connectivity index (χ2v) is 3.32. The van der Waals surface area contributed by atoms with Gasteiger partial charge in [0.05, 0.1) is 5.69 Å². The van der Waals surface area contributed by atoms with Crippen LogP contribution in [0.4, 0.5) is 5.69 Å². The molecule has 0 unspecified atom stereocenters. The zero-order chi connectivity index (χ0) is 9.97. The summed E-state index contributed by atoms with van der Waals surface area (Å²) < 4.78 is 0. The summed E-state index contributed by atoms with van der Waals surface area (Å²) in [7, 11) is 0. The molecule has 0 spiro atoms. The van der Waals surface area contributed by atoms with Crippen LogP contribution in [0.2, 0.25) is 0 Å². The second kappa shape index (κ2) is 3.57. The molecule has 0 bridgehead atoms. The van der Waals surface area contributed by atoms with E-state index < -0.39 is 0 Å². The average molecular weight is 190 g/mol. The Hall–Kier alpha value is -1.71. The van der Waals surface area contributed by atoms with Crippen molar-refractivity contribution in [2.45, 2.75) is 6.42 Å². The Balaban J connectivity index is 2.22. The van der Waals surface area contributed by atoms with E-state index in [1.54, 1.807) is 5.01 Å². The molecule has 1 aliphatic rings. The number of rotatable bonds is 1. The van der Waals surface area contributed by atoms with Crippen molar-refractivity contribution in [3.05, 3.63) is 30.3 Å². The molecule has 1 saturated heterocycles. The van der Waals surface area contributed by atoms with Gasteiger partial charge < -0.3 is 5.73 Å². The molecule has 4 heteroatoms. The smallest absolute Gasteiger partial charge is 0.207 e. The Labute approximate surface area is 83.4 Å². The first kappa shape index (κ1) is 8.87. The van der Waals surface area contributed by atoms with Crippen molar-refractivity contribution in [3.8, 4) is 0 Å². The molecule has 0 amide bonds. The van der Waals surface area contributed by atoms with E-state index in [4.69, 9.17) is 11.1 Å². The third-order valence-corrected chi connectivity index (χ3v) is 2.36. The van der Waals surface area contributed by atoms with E-state index in [-0.39, 0.29) is 5.96 Å². The van der Waals surface area contributed by atoms with Gasteiger partial charge in [-0.1, -0.05) is 18.2 Å². The zero-order valence-electron chi connectivity index (χ0n) is 7.98. The molecule has 3 N–H and O–H groups in total. The van der Waals surface area contributed by atoms with Crippen LogP contribution >= 0.6 is 0 Å². The molecule has 1 fully saturated rings. The Bertz CT molecular complexity index is 322. The van der Waals surface area contributed by atoms with Gasteiger partial charge in [-0.2, -0.15) is 0 Å². The van der Waals surface area contributed by atoms with Crippen molar-refractivity contribution in [3.63, 3.8) is 0 Å². The molecule has 0 aliphatic carbocycles. The minimum atomic E-state index is 0.117. The summed E-state index contributed by atoms with van der Waals surface area (Å²) in [6.45, 7) is 1.77. The molecular formula is C10H14N4. The van der Waals surface area contributed by atoms with Gasteiger partial charge in [-0.3, -0.25) is 15.4 Å². The zero-order valence-corrected chi connectivity index (χ0v) is 7.98. The standard InChI is InChI=1S/C10H14N4/c11-10(12)14-8-4-7-13(14)9-5-2-1-3-6-9/h1-3,5-6H,4,7-8H2,(H3,11,12). The monoisotopic (exact) mass is 190 g/mol. The maximum Gasteiger partial charge on any atom is 0.207 e. The normalized spacial score (nSPS) is 16.0. The average Bonchev–Trinajstić information content (AvgIpc) is 2.67. The number of nitrogens with two attached hydrogens (primary N) is 1. The molecule has 1 aromatic carbocycles. The minimum absolute atomic E-state index is 0.117. The van der Waals surface area contributed by atoms with Gasteiger partial charge in [-0.15, -0.1) is 0 Å². The Morgan fingerprint density at radius 2 is 1.93 bits per heavy atom. The maximum absolute atomic E-state index is 7.43. The first-order valence-electron chi connectivity index (χ1n) is 4.73. The molecular weight excluding hydrogens is 176 g/mol. The number of hydrazine groups is 1. The van der Waals surface area contributed by atoms with Crippen LogP contribution in [-0.4, -0.2) is 24.1 Å². The van der Waals surface area contributed by atoms with Crippen molar-refractivity contribution in [1.82, 2.24) is 5.01 Å². The molecule has 74 valence electrons. The molecule has 1 aliphatic heterocycles. The highest BCUT2D eigenvalue weighted by atomic mass is 15.7. The topological polar surface area (TPSA) is 56.4 Å². The summed E-state index contributed by atoms with van der Waals surface area (Å²) >= 11 is 0. The van der Waals surface area contributed by atoms with Crippen LogP contribution in [0.1, 0.15) is 6.42 Å². The van der Waals surface area contributed by atoms with E-state index in [0.717, 1.165) is 25.2 Å². The lowest BCUT2D eigenvalue weighted by Gasteiger charge is -2.29. The molecule has 14 heavy (non-hydrogen) atoms. The van der Waals surface area contributed by atoms with Gasteiger partial charge >= 0.3 is 0 Å². The fourth-order valence-corrected chi connectivity index (χ4v) is 1.73. The van der Waals surface area contributed by atoms with E-state index >= 15 is 0 Å². The number of hydrogen-bond acceptors (Lipinski definition) is 2. The second-order valence-electron chi connectivity index (χ2n) is 3.32. The number of hydrogen-bond donors (Lipinski definition) is 2. The Morgan fingerprint density at radius 1 is 1.21 bits per heavy atom. The Kier molecular flexibility index (Phi) is 2.26. The predicted molar refractivity (Wildman–Crippen MR) is 57.0 cm³/mol. The number of para-hydroxylation sites is 1. The van der Waals surface area contributed by atoms with Crippen LogP contribution in [-0.2, 0) is 0 Å². The summed E-state index contributed by atoms with van der Waals surface area (Å²) in [5, 5.41) is 11.3. The van der Waals surface area contributed by atoms with Gasteiger partial charge in [0.15, 0.2) is 0 Å². The van der Waals surface area contributed by atoms with Gasteiger partial charge in [0.1, 0.15) is 0 Å². The molecule has 1 heterocycles. The summed E-state index contributed by atoms with van der Waals surface area (Å²) in [4.78, 5) is 0. The van der Waals surface area contributed by atoms with Gasteiger partial charge in [-0.05, 0) is 18.6 Å². The molecule has 0 radical (unpaired) electrons. The van der Waals surface area contributed by atoms with Gasteiger partial charge in [0.2, 0.25) is 5.96 Å². The molecule has 4 nitrogen and oxygen atoms in total. The number of benzene rings is 1. The lowest BCUT2D eigenvalue weighted by atomic mass is 10.3. The predicted octanol–water partition coefficient (Wildman–Crippen LogP) is 1.01. The van der Waals surface area contributed by atoms with Crippen LogP contribution in [0.15, 0.2) is 30.3 Å². The fraction of sp³-hybridized carbons (Fsp3) is 0.300. The molecule has 2 rings (SSSR count). The van der Waals surface area contributed by atoms with Crippen molar-refractivity contribution < 1.29 is 0 Å². The highest BCUT2D eigenvalue weighted by molar-refractivity contribution is 5.77. The fourth-order valence-electron chi connectivity index (χ4n) is 1.73. The highest BCUT2D eigenvalue weighted by Gasteiger charge is 2.22. The van der Waals surface area contributed by atoms with Crippen molar-refractivity contribution >= 4 is 11.6 Å². The molecule has 0 aromatic heterocycles. The van der Waals surface area contributed by atoms with Crippen LogP contribution in [0.3, 0.4) is 0 Å². The minimum Gasteiger partial charge on any atom is -0.369 e. The number of anilines is 1. The Morgan fingerprint density at radius 3 is 2.57 bits per heavy atom. The third kappa shape index (κ3) is 1.51. The van der Waals surface area contributed by atoms with Gasteiger partial charge in [0.25, 0.3) is 0 Å². The van der Waals surface area contributed by atoms with Crippen LogP contribution in [0.25, 0.3) is 0 Å². The third-order valence-electron chi connectivity index (χ3n) is 2.36. The first-order valence-corrected chi connectivity index (χ1v) is 4.73. The number of nitrogens with one attached hydrogen (secondary N) is 1. The van der Waals surface area contributed by atoms with E-state index in [1.165, 1.54) is 0 Å². The molecule has 0 saturated carbocycles. The van der Waals surface area contributed by atoms with Crippen molar-refractivity contribution in [1.29, 1.82) is 5.41 Å². The summed E-state index contributed by atoms with van der Waals surface area (Å²) in [5.41, 5.74) is 6.59. The van der Waals surface area contributed by atoms with E-state index in [9.17, 15) is 0 Å². The molecule has 0 atom stereocenters.